The molecule has 1 aromatic rings. The lowest BCUT2D eigenvalue weighted by atomic mass is 10.1. The van der Waals surface area contributed by atoms with Gasteiger partial charge in [0.2, 0.25) is 5.91 Å². The highest BCUT2D eigenvalue weighted by atomic mass is 16.5. The predicted octanol–water partition coefficient (Wildman–Crippen LogP) is 2.08. The summed E-state index contributed by atoms with van der Waals surface area (Å²) in [6.07, 6.45) is 1.60. The van der Waals surface area contributed by atoms with Gasteiger partial charge in [-0.25, -0.2) is 0 Å². The minimum atomic E-state index is 0.00294. The second kappa shape index (κ2) is 9.30. The summed E-state index contributed by atoms with van der Waals surface area (Å²) in [5.41, 5.74) is 6.68. The van der Waals surface area contributed by atoms with E-state index < -0.39 is 0 Å². The molecular weight excluding hydrogens is 280 g/mol. The molecule has 0 aliphatic heterocycles. The van der Waals surface area contributed by atoms with Crippen LogP contribution in [0.3, 0.4) is 0 Å². The van der Waals surface area contributed by atoms with Gasteiger partial charge in [-0.15, -0.1) is 0 Å². The van der Waals surface area contributed by atoms with Crippen molar-refractivity contribution in [2.24, 2.45) is 11.7 Å². The highest BCUT2D eigenvalue weighted by molar-refractivity contribution is 5.78. The van der Waals surface area contributed by atoms with Gasteiger partial charge in [0.25, 0.3) is 0 Å². The molecule has 0 saturated carbocycles. The van der Waals surface area contributed by atoms with E-state index in [0.717, 1.165) is 18.4 Å². The highest BCUT2D eigenvalue weighted by Gasteiger charge is 2.16. The van der Waals surface area contributed by atoms with Crippen LogP contribution in [0.4, 0.5) is 0 Å². The molecule has 0 radical (unpaired) electrons. The molecule has 0 fully saturated rings. The smallest absolute Gasteiger partial charge is 0.225 e. The lowest BCUT2D eigenvalue weighted by Gasteiger charge is -2.24. The van der Waals surface area contributed by atoms with Crippen molar-refractivity contribution in [3.63, 3.8) is 0 Å². The third-order valence-corrected chi connectivity index (χ3v) is 3.56. The number of amides is 1. The Kier molecular flexibility index (Phi) is 7.74. The Morgan fingerprint density at radius 2 is 1.86 bits per heavy atom. The summed E-state index contributed by atoms with van der Waals surface area (Å²) in [6, 6.07) is 5.85. The molecule has 1 rings (SSSR count). The zero-order valence-electron chi connectivity index (χ0n) is 14.1. The summed E-state index contributed by atoms with van der Waals surface area (Å²) in [7, 11) is 3.24. The predicted molar refractivity (Wildman–Crippen MR) is 88.3 cm³/mol. The van der Waals surface area contributed by atoms with E-state index in [9.17, 15) is 4.79 Å². The van der Waals surface area contributed by atoms with E-state index in [-0.39, 0.29) is 11.8 Å². The maximum atomic E-state index is 12.2. The molecule has 5 nitrogen and oxygen atoms in total. The number of ether oxygens (including phenoxy) is 2. The van der Waals surface area contributed by atoms with Crippen LogP contribution in [0.1, 0.15) is 25.8 Å². The summed E-state index contributed by atoms with van der Waals surface area (Å²) >= 11 is 0. The standard InChI is InChI=1S/C17H28N2O3/c1-13(2)17(20)19(10-5-9-18)11-8-14-6-7-15(21-3)16(12-14)22-4/h6-7,12-13H,5,8-11,18H2,1-4H3. The van der Waals surface area contributed by atoms with Gasteiger partial charge in [-0.05, 0) is 37.1 Å². The Bertz CT molecular complexity index is 475. The topological polar surface area (TPSA) is 64.8 Å². The molecule has 1 amide bonds. The summed E-state index contributed by atoms with van der Waals surface area (Å²) in [6.45, 7) is 5.84. The van der Waals surface area contributed by atoms with Crippen LogP contribution in [-0.2, 0) is 11.2 Å². The Hall–Kier alpha value is -1.75. The van der Waals surface area contributed by atoms with E-state index in [1.165, 1.54) is 0 Å². The van der Waals surface area contributed by atoms with E-state index in [2.05, 4.69) is 0 Å². The Balaban J connectivity index is 2.73. The summed E-state index contributed by atoms with van der Waals surface area (Å²) < 4.78 is 10.5. The zero-order chi connectivity index (χ0) is 16.5. The minimum Gasteiger partial charge on any atom is -0.493 e. The Labute approximate surface area is 133 Å². The molecule has 124 valence electrons. The number of methoxy groups -OCH3 is 2. The maximum absolute atomic E-state index is 12.2. The molecule has 0 aromatic heterocycles. The quantitative estimate of drug-likeness (QED) is 0.758. The van der Waals surface area contributed by atoms with E-state index in [1.807, 2.05) is 36.9 Å². The van der Waals surface area contributed by atoms with E-state index in [4.69, 9.17) is 15.2 Å². The molecule has 5 heteroatoms. The van der Waals surface area contributed by atoms with Gasteiger partial charge in [-0.2, -0.15) is 0 Å². The second-order valence-corrected chi connectivity index (χ2v) is 5.56. The van der Waals surface area contributed by atoms with Crippen LogP contribution >= 0.6 is 0 Å². The van der Waals surface area contributed by atoms with Crippen LogP contribution in [0.25, 0.3) is 0 Å². The first-order chi connectivity index (χ1) is 10.5. The average Bonchev–Trinajstić information content (AvgIpc) is 2.53. The summed E-state index contributed by atoms with van der Waals surface area (Å²) in [5.74, 6) is 1.60. The third kappa shape index (κ3) is 5.22. The van der Waals surface area contributed by atoms with Gasteiger partial charge in [0.1, 0.15) is 0 Å². The lowest BCUT2D eigenvalue weighted by Crippen LogP contribution is -2.37. The summed E-state index contributed by atoms with van der Waals surface area (Å²) in [4.78, 5) is 14.1. The maximum Gasteiger partial charge on any atom is 0.225 e. The Morgan fingerprint density at radius 3 is 2.41 bits per heavy atom. The van der Waals surface area contributed by atoms with Crippen molar-refractivity contribution in [2.45, 2.75) is 26.7 Å². The minimum absolute atomic E-state index is 0.00294. The Morgan fingerprint density at radius 1 is 1.18 bits per heavy atom. The number of carbonyl (C=O) groups is 1. The fourth-order valence-electron chi connectivity index (χ4n) is 2.28. The van der Waals surface area contributed by atoms with Gasteiger partial charge in [-0.1, -0.05) is 19.9 Å². The molecular formula is C17H28N2O3. The van der Waals surface area contributed by atoms with Crippen molar-refractivity contribution in [1.29, 1.82) is 0 Å². The van der Waals surface area contributed by atoms with Crippen LogP contribution in [0, 0.1) is 5.92 Å². The van der Waals surface area contributed by atoms with Crippen LogP contribution < -0.4 is 15.2 Å². The van der Waals surface area contributed by atoms with Gasteiger partial charge in [0.05, 0.1) is 14.2 Å². The first-order valence-corrected chi connectivity index (χ1v) is 7.73. The van der Waals surface area contributed by atoms with Crippen LogP contribution in [-0.4, -0.2) is 44.7 Å². The number of rotatable bonds is 9. The molecule has 1 aromatic carbocycles. The van der Waals surface area contributed by atoms with Gasteiger partial charge < -0.3 is 20.1 Å². The second-order valence-electron chi connectivity index (χ2n) is 5.56. The van der Waals surface area contributed by atoms with E-state index >= 15 is 0 Å². The molecule has 0 bridgehead atoms. The number of hydrogen-bond acceptors (Lipinski definition) is 4. The molecule has 0 spiro atoms. The van der Waals surface area contributed by atoms with Crippen LogP contribution in [0.15, 0.2) is 18.2 Å². The number of nitrogens with two attached hydrogens (primary N) is 1. The average molecular weight is 308 g/mol. The number of benzene rings is 1. The van der Waals surface area contributed by atoms with Crippen molar-refractivity contribution in [3.8, 4) is 11.5 Å². The lowest BCUT2D eigenvalue weighted by molar-refractivity contribution is -0.134. The first kappa shape index (κ1) is 18.3. The number of nitrogens with zero attached hydrogens (tertiary/aromatic N) is 1. The van der Waals surface area contributed by atoms with Gasteiger partial charge in [0.15, 0.2) is 11.5 Å². The fraction of sp³-hybridized carbons (Fsp3) is 0.588. The molecule has 0 unspecified atom stereocenters. The van der Waals surface area contributed by atoms with Gasteiger partial charge in [-0.3, -0.25) is 4.79 Å². The molecule has 2 N–H and O–H groups in total. The normalized spacial score (nSPS) is 10.6. The molecule has 0 heterocycles. The number of carbonyl (C=O) groups excluding carboxylic acids is 1. The van der Waals surface area contributed by atoms with E-state index in [1.54, 1.807) is 14.2 Å². The molecule has 22 heavy (non-hydrogen) atoms. The van der Waals surface area contributed by atoms with Gasteiger partial charge >= 0.3 is 0 Å². The van der Waals surface area contributed by atoms with Crippen molar-refractivity contribution in [3.05, 3.63) is 23.8 Å². The highest BCUT2D eigenvalue weighted by Crippen LogP contribution is 2.27. The molecule has 0 atom stereocenters. The van der Waals surface area contributed by atoms with Gasteiger partial charge in [0, 0.05) is 19.0 Å². The largest absolute Gasteiger partial charge is 0.493 e. The van der Waals surface area contributed by atoms with Crippen molar-refractivity contribution in [2.75, 3.05) is 33.9 Å². The van der Waals surface area contributed by atoms with Crippen molar-refractivity contribution < 1.29 is 14.3 Å². The molecule has 0 aliphatic rings. The molecule has 0 saturated heterocycles. The third-order valence-electron chi connectivity index (χ3n) is 3.56. The van der Waals surface area contributed by atoms with Crippen molar-refractivity contribution in [1.82, 2.24) is 4.90 Å². The van der Waals surface area contributed by atoms with Crippen molar-refractivity contribution >= 4 is 5.91 Å². The van der Waals surface area contributed by atoms with Crippen LogP contribution in [0.5, 0.6) is 11.5 Å². The first-order valence-electron chi connectivity index (χ1n) is 7.73. The number of hydrogen-bond donors (Lipinski definition) is 1. The monoisotopic (exact) mass is 308 g/mol. The SMILES string of the molecule is COc1ccc(CCN(CCCN)C(=O)C(C)C)cc1OC. The molecule has 0 aliphatic carbocycles. The zero-order valence-corrected chi connectivity index (χ0v) is 14.1. The van der Waals surface area contributed by atoms with Crippen LogP contribution in [0.2, 0.25) is 0 Å². The van der Waals surface area contributed by atoms with E-state index in [0.29, 0.717) is 31.1 Å². The fourth-order valence-corrected chi connectivity index (χ4v) is 2.28. The summed E-state index contributed by atoms with van der Waals surface area (Å²) in [5, 5.41) is 0.